The van der Waals surface area contributed by atoms with Crippen LogP contribution in [-0.4, -0.2) is 24.3 Å². The summed E-state index contributed by atoms with van der Waals surface area (Å²) >= 11 is 0. The molecule has 19 heavy (non-hydrogen) atoms. The van der Waals surface area contributed by atoms with E-state index in [1.165, 1.54) is 0 Å². The minimum absolute atomic E-state index is 0.146. The Kier molecular flexibility index (Phi) is 4.77. The number of benzene rings is 1. The van der Waals surface area contributed by atoms with Crippen LogP contribution in [0.5, 0.6) is 0 Å². The molecule has 0 saturated carbocycles. The predicted molar refractivity (Wildman–Crippen MR) is 75.7 cm³/mol. The summed E-state index contributed by atoms with van der Waals surface area (Å²) in [5, 5.41) is 8.93. The second kappa shape index (κ2) is 6.35. The Morgan fingerprint density at radius 2 is 2.32 bits per heavy atom. The molecule has 1 aromatic carbocycles. The average Bonchev–Trinajstić information content (AvgIpc) is 2.84. The average molecular weight is 266 g/mol. The van der Waals surface area contributed by atoms with E-state index >= 15 is 0 Å². The van der Waals surface area contributed by atoms with E-state index in [0.29, 0.717) is 11.7 Å². The van der Waals surface area contributed by atoms with Crippen molar-refractivity contribution in [2.24, 2.45) is 5.73 Å². The van der Waals surface area contributed by atoms with E-state index in [9.17, 15) is 4.39 Å². The molecule has 0 aromatic heterocycles. The zero-order valence-electron chi connectivity index (χ0n) is 11.5. The molecule has 2 atom stereocenters. The lowest BCUT2D eigenvalue weighted by Gasteiger charge is -2.27. The van der Waals surface area contributed by atoms with Gasteiger partial charge in [0, 0.05) is 25.2 Å². The molecule has 4 heteroatoms. The van der Waals surface area contributed by atoms with Gasteiger partial charge >= 0.3 is 0 Å². The number of aliphatic hydroxyl groups is 1. The van der Waals surface area contributed by atoms with E-state index in [2.05, 4.69) is 4.90 Å². The fourth-order valence-corrected chi connectivity index (χ4v) is 2.82. The van der Waals surface area contributed by atoms with Gasteiger partial charge < -0.3 is 15.7 Å². The highest BCUT2D eigenvalue weighted by molar-refractivity contribution is 5.51. The Morgan fingerprint density at radius 1 is 1.53 bits per heavy atom. The zero-order chi connectivity index (χ0) is 13.8. The quantitative estimate of drug-likeness (QED) is 0.861. The first-order valence-electron chi connectivity index (χ1n) is 7.06. The van der Waals surface area contributed by atoms with Crippen LogP contribution in [0.25, 0.3) is 0 Å². The smallest absolute Gasteiger partial charge is 0.146 e. The Balaban J connectivity index is 2.16. The molecule has 0 aliphatic carbocycles. The molecular weight excluding hydrogens is 243 g/mol. The van der Waals surface area contributed by atoms with Gasteiger partial charge in [-0.05, 0) is 50.3 Å². The van der Waals surface area contributed by atoms with E-state index in [1.54, 1.807) is 6.07 Å². The van der Waals surface area contributed by atoms with Crippen molar-refractivity contribution in [3.8, 4) is 0 Å². The molecule has 0 amide bonds. The predicted octanol–water partition coefficient (Wildman–Crippen LogP) is 2.59. The summed E-state index contributed by atoms with van der Waals surface area (Å²) in [6, 6.07) is 5.49. The lowest BCUT2D eigenvalue weighted by atomic mass is 10.1. The summed E-state index contributed by atoms with van der Waals surface area (Å²) in [7, 11) is 0. The van der Waals surface area contributed by atoms with Crippen molar-refractivity contribution in [2.45, 2.75) is 44.7 Å². The number of halogens is 1. The summed E-state index contributed by atoms with van der Waals surface area (Å²) in [6.45, 7) is 2.95. The van der Waals surface area contributed by atoms with Crippen LogP contribution in [0.2, 0.25) is 0 Å². The fraction of sp³-hybridized carbons (Fsp3) is 0.600. The molecule has 106 valence electrons. The molecule has 1 saturated heterocycles. The molecule has 2 rings (SSSR count). The van der Waals surface area contributed by atoms with Gasteiger partial charge in [-0.1, -0.05) is 6.07 Å². The van der Waals surface area contributed by atoms with Crippen molar-refractivity contribution in [2.75, 3.05) is 18.1 Å². The maximum absolute atomic E-state index is 14.2. The van der Waals surface area contributed by atoms with Crippen LogP contribution in [-0.2, 0) is 0 Å². The molecule has 1 aromatic rings. The molecule has 1 heterocycles. The molecular formula is C15H23FN2O. The van der Waals surface area contributed by atoms with E-state index in [0.717, 1.165) is 37.8 Å². The molecule has 0 bridgehead atoms. The standard InChI is InChI=1S/C15H23FN2O/c1-11(17)12-6-7-15(14(16)10-12)18-8-2-4-13(18)5-3-9-19/h6-7,10-11,13,19H,2-5,8-9,17H2,1H3. The van der Waals surface area contributed by atoms with Crippen molar-refractivity contribution in [1.82, 2.24) is 0 Å². The Morgan fingerprint density at radius 3 is 2.95 bits per heavy atom. The summed E-state index contributed by atoms with van der Waals surface area (Å²) < 4.78 is 14.2. The Bertz CT molecular complexity index is 423. The minimum atomic E-state index is -0.189. The van der Waals surface area contributed by atoms with Crippen LogP contribution in [0.3, 0.4) is 0 Å². The van der Waals surface area contributed by atoms with E-state index in [4.69, 9.17) is 10.8 Å². The summed E-state index contributed by atoms with van der Waals surface area (Å²) in [4.78, 5) is 2.13. The Labute approximate surface area is 114 Å². The highest BCUT2D eigenvalue weighted by atomic mass is 19.1. The second-order valence-corrected chi connectivity index (χ2v) is 5.35. The molecule has 2 unspecified atom stereocenters. The Hall–Kier alpha value is -1.13. The highest BCUT2D eigenvalue weighted by Gasteiger charge is 2.26. The third-order valence-corrected chi connectivity index (χ3v) is 3.88. The summed E-state index contributed by atoms with van der Waals surface area (Å²) in [5.41, 5.74) is 7.27. The summed E-state index contributed by atoms with van der Waals surface area (Å²) in [6.07, 6.45) is 3.87. The highest BCUT2D eigenvalue weighted by Crippen LogP contribution is 2.31. The van der Waals surface area contributed by atoms with Gasteiger partial charge in [-0.2, -0.15) is 0 Å². The number of hydrogen-bond donors (Lipinski definition) is 2. The van der Waals surface area contributed by atoms with Crippen LogP contribution in [0.1, 0.15) is 44.2 Å². The topological polar surface area (TPSA) is 49.5 Å². The maximum Gasteiger partial charge on any atom is 0.146 e. The molecule has 1 aliphatic rings. The normalized spacial score (nSPS) is 20.8. The third-order valence-electron chi connectivity index (χ3n) is 3.88. The number of aliphatic hydroxyl groups excluding tert-OH is 1. The molecule has 0 radical (unpaired) electrons. The van der Waals surface area contributed by atoms with Crippen LogP contribution < -0.4 is 10.6 Å². The van der Waals surface area contributed by atoms with Crippen LogP contribution >= 0.6 is 0 Å². The molecule has 0 spiro atoms. The van der Waals surface area contributed by atoms with E-state index in [1.807, 2.05) is 19.1 Å². The van der Waals surface area contributed by atoms with Gasteiger partial charge in [0.25, 0.3) is 0 Å². The van der Waals surface area contributed by atoms with Gasteiger partial charge in [0.15, 0.2) is 0 Å². The van der Waals surface area contributed by atoms with Gasteiger partial charge in [-0.25, -0.2) is 4.39 Å². The van der Waals surface area contributed by atoms with Gasteiger partial charge in [0.1, 0.15) is 5.82 Å². The number of anilines is 1. The van der Waals surface area contributed by atoms with Crippen LogP contribution in [0.15, 0.2) is 18.2 Å². The van der Waals surface area contributed by atoms with Gasteiger partial charge in [-0.3, -0.25) is 0 Å². The van der Waals surface area contributed by atoms with E-state index < -0.39 is 0 Å². The molecule has 3 nitrogen and oxygen atoms in total. The SMILES string of the molecule is CC(N)c1ccc(N2CCCC2CCCO)c(F)c1. The molecule has 1 fully saturated rings. The largest absolute Gasteiger partial charge is 0.396 e. The first kappa shape index (κ1) is 14.3. The number of rotatable bonds is 5. The second-order valence-electron chi connectivity index (χ2n) is 5.35. The van der Waals surface area contributed by atoms with Crippen molar-refractivity contribution < 1.29 is 9.50 Å². The van der Waals surface area contributed by atoms with Crippen LogP contribution in [0, 0.1) is 5.82 Å². The van der Waals surface area contributed by atoms with Crippen molar-refractivity contribution >= 4 is 5.69 Å². The number of nitrogens with zero attached hydrogens (tertiary/aromatic N) is 1. The first-order valence-corrected chi connectivity index (χ1v) is 7.06. The van der Waals surface area contributed by atoms with Crippen molar-refractivity contribution in [3.63, 3.8) is 0 Å². The summed E-state index contributed by atoms with van der Waals surface area (Å²) in [5.74, 6) is -0.189. The van der Waals surface area contributed by atoms with Gasteiger partial charge in [0.2, 0.25) is 0 Å². The number of nitrogens with two attached hydrogens (primary N) is 1. The van der Waals surface area contributed by atoms with Gasteiger partial charge in [0.05, 0.1) is 5.69 Å². The maximum atomic E-state index is 14.2. The molecule has 1 aliphatic heterocycles. The van der Waals surface area contributed by atoms with Crippen molar-refractivity contribution in [3.05, 3.63) is 29.6 Å². The first-order chi connectivity index (χ1) is 9.13. The zero-order valence-corrected chi connectivity index (χ0v) is 11.5. The lowest BCUT2D eigenvalue weighted by Crippen LogP contribution is -2.30. The minimum Gasteiger partial charge on any atom is -0.396 e. The fourth-order valence-electron chi connectivity index (χ4n) is 2.82. The molecule has 3 N–H and O–H groups in total. The van der Waals surface area contributed by atoms with E-state index in [-0.39, 0.29) is 18.5 Å². The monoisotopic (exact) mass is 266 g/mol. The number of hydrogen-bond acceptors (Lipinski definition) is 3. The van der Waals surface area contributed by atoms with Gasteiger partial charge in [-0.15, -0.1) is 0 Å². The third kappa shape index (κ3) is 3.25. The van der Waals surface area contributed by atoms with Crippen molar-refractivity contribution in [1.29, 1.82) is 0 Å². The lowest BCUT2D eigenvalue weighted by molar-refractivity contribution is 0.279. The van der Waals surface area contributed by atoms with Crippen LogP contribution in [0.4, 0.5) is 10.1 Å².